The normalized spacial score (nSPS) is 11.0. The summed E-state index contributed by atoms with van der Waals surface area (Å²) in [6.07, 6.45) is 1.98. The molecule has 0 aliphatic heterocycles. The molecule has 152 valence electrons. The van der Waals surface area contributed by atoms with Crippen LogP contribution in [0.1, 0.15) is 0 Å². The first-order chi connectivity index (χ1) is 14.6. The molecule has 2 aromatic heterocycles. The summed E-state index contributed by atoms with van der Waals surface area (Å²) in [7, 11) is 0. The number of amides is 1. The third-order valence-corrected chi connectivity index (χ3v) is 7.10. The first kappa shape index (κ1) is 21.0. The molecule has 1 N–H and O–H groups in total. The molecule has 2 aromatic carbocycles. The lowest BCUT2D eigenvalue weighted by molar-refractivity contribution is -0.113. The van der Waals surface area contributed by atoms with Crippen molar-refractivity contribution in [1.29, 1.82) is 0 Å². The van der Waals surface area contributed by atoms with Gasteiger partial charge in [-0.2, -0.15) is 0 Å². The van der Waals surface area contributed by atoms with Crippen LogP contribution in [0.15, 0.2) is 74.8 Å². The van der Waals surface area contributed by atoms with Gasteiger partial charge in [0.15, 0.2) is 5.16 Å². The van der Waals surface area contributed by atoms with Gasteiger partial charge in [-0.05, 0) is 48.0 Å². The number of hydrogen-bond acceptors (Lipinski definition) is 6. The molecule has 0 unspecified atom stereocenters. The number of halogens is 1. The van der Waals surface area contributed by atoms with Gasteiger partial charge in [-0.3, -0.25) is 14.2 Å². The van der Waals surface area contributed by atoms with Crippen molar-refractivity contribution in [2.75, 3.05) is 17.3 Å². The van der Waals surface area contributed by atoms with Gasteiger partial charge in [-0.25, -0.2) is 4.98 Å². The number of thioether (sulfide) groups is 2. The maximum atomic E-state index is 13.1. The Morgan fingerprint density at radius 3 is 2.83 bits per heavy atom. The molecular weight excluding hydrogens is 458 g/mol. The Hall–Kier alpha value is -2.26. The average molecular weight is 474 g/mol. The topological polar surface area (TPSA) is 64.0 Å². The van der Waals surface area contributed by atoms with Crippen LogP contribution in [0.2, 0.25) is 5.02 Å². The predicted molar refractivity (Wildman–Crippen MR) is 128 cm³/mol. The fraction of sp³-hybridized carbons (Fsp3) is 0.0952. The minimum atomic E-state index is -0.196. The van der Waals surface area contributed by atoms with E-state index in [1.165, 1.54) is 27.7 Å². The Bertz CT molecular complexity index is 1290. The number of hydrogen-bond donors (Lipinski definition) is 1. The smallest absolute Gasteiger partial charge is 0.276 e. The second kappa shape index (κ2) is 9.26. The first-order valence-electron chi connectivity index (χ1n) is 8.88. The lowest BCUT2D eigenvalue weighted by Gasteiger charge is -2.13. The summed E-state index contributed by atoms with van der Waals surface area (Å²) in [5.41, 5.74) is 1.70. The van der Waals surface area contributed by atoms with E-state index >= 15 is 0 Å². The zero-order valence-electron chi connectivity index (χ0n) is 15.8. The van der Waals surface area contributed by atoms with Crippen molar-refractivity contribution in [2.45, 2.75) is 10.1 Å². The maximum absolute atomic E-state index is 13.1. The summed E-state index contributed by atoms with van der Waals surface area (Å²) >= 11 is 10.5. The minimum Gasteiger partial charge on any atom is -0.325 e. The number of rotatable bonds is 6. The van der Waals surface area contributed by atoms with Crippen LogP contribution < -0.4 is 10.9 Å². The molecular formula is C21H16ClN3O2S3. The molecule has 30 heavy (non-hydrogen) atoms. The van der Waals surface area contributed by atoms with E-state index in [9.17, 15) is 9.59 Å². The SMILES string of the molecule is CSc1cccc(NC(=O)CSc2nc3ccsc3c(=O)n2-c2ccccc2Cl)c1. The Labute approximate surface area is 190 Å². The van der Waals surface area contributed by atoms with E-state index in [-0.39, 0.29) is 17.2 Å². The Morgan fingerprint density at radius 2 is 2.03 bits per heavy atom. The highest BCUT2D eigenvalue weighted by molar-refractivity contribution is 7.99. The molecule has 0 fully saturated rings. The van der Waals surface area contributed by atoms with E-state index in [2.05, 4.69) is 10.3 Å². The summed E-state index contributed by atoms with van der Waals surface area (Å²) in [6, 6.07) is 16.6. The van der Waals surface area contributed by atoms with Gasteiger partial charge in [-0.1, -0.05) is 41.6 Å². The molecule has 0 aliphatic carbocycles. The Kier molecular flexibility index (Phi) is 6.48. The molecule has 0 bridgehead atoms. The van der Waals surface area contributed by atoms with Crippen LogP contribution in [-0.4, -0.2) is 27.5 Å². The van der Waals surface area contributed by atoms with Crippen LogP contribution >= 0.6 is 46.5 Å². The lowest BCUT2D eigenvalue weighted by Crippen LogP contribution is -2.22. The number of carbonyl (C=O) groups is 1. The van der Waals surface area contributed by atoms with Crippen LogP contribution in [0.3, 0.4) is 0 Å². The second-order valence-electron chi connectivity index (χ2n) is 6.19. The number of benzene rings is 2. The van der Waals surface area contributed by atoms with Gasteiger partial charge in [0.2, 0.25) is 5.91 Å². The van der Waals surface area contributed by atoms with Gasteiger partial charge < -0.3 is 5.32 Å². The van der Waals surface area contributed by atoms with Gasteiger partial charge in [0.05, 0.1) is 22.0 Å². The van der Waals surface area contributed by atoms with Crippen LogP contribution in [0.5, 0.6) is 0 Å². The summed E-state index contributed by atoms with van der Waals surface area (Å²) in [5.74, 6) is -0.0700. The Morgan fingerprint density at radius 1 is 1.20 bits per heavy atom. The number of fused-ring (bicyclic) bond motifs is 1. The highest BCUT2D eigenvalue weighted by atomic mass is 35.5. The number of nitrogens with zero attached hydrogens (tertiary/aromatic N) is 2. The van der Waals surface area contributed by atoms with Crippen LogP contribution in [0, 0.1) is 0 Å². The minimum absolute atomic E-state index is 0.107. The zero-order chi connectivity index (χ0) is 21.1. The summed E-state index contributed by atoms with van der Waals surface area (Å²) in [6.45, 7) is 0. The molecule has 9 heteroatoms. The van der Waals surface area contributed by atoms with E-state index in [1.54, 1.807) is 36.0 Å². The summed E-state index contributed by atoms with van der Waals surface area (Å²) < 4.78 is 2.03. The number of anilines is 1. The molecule has 2 heterocycles. The lowest BCUT2D eigenvalue weighted by atomic mass is 10.3. The van der Waals surface area contributed by atoms with E-state index in [0.29, 0.717) is 26.1 Å². The number of thiophene rings is 1. The van der Waals surface area contributed by atoms with Crippen LogP contribution in [0.4, 0.5) is 5.69 Å². The number of para-hydroxylation sites is 1. The fourth-order valence-electron chi connectivity index (χ4n) is 2.86. The second-order valence-corrected chi connectivity index (χ2v) is 9.34. The number of aromatic nitrogens is 2. The fourth-order valence-corrected chi connectivity index (χ4v) is 5.11. The monoisotopic (exact) mass is 473 g/mol. The van der Waals surface area contributed by atoms with Crippen molar-refractivity contribution in [3.8, 4) is 5.69 Å². The zero-order valence-corrected chi connectivity index (χ0v) is 19.0. The molecule has 0 aliphatic rings. The molecule has 5 nitrogen and oxygen atoms in total. The third kappa shape index (κ3) is 4.41. The standard InChI is InChI=1S/C21H16ClN3O2S3/c1-28-14-6-4-5-13(11-14)23-18(26)12-30-21-24-16-9-10-29-19(16)20(27)25(21)17-8-3-2-7-15(17)22/h2-11H,12H2,1H3,(H,23,26). The maximum Gasteiger partial charge on any atom is 0.276 e. The highest BCUT2D eigenvalue weighted by Crippen LogP contribution is 2.27. The molecule has 0 atom stereocenters. The highest BCUT2D eigenvalue weighted by Gasteiger charge is 2.17. The molecule has 0 saturated heterocycles. The van der Waals surface area contributed by atoms with Crippen molar-refractivity contribution in [2.24, 2.45) is 0 Å². The summed E-state index contributed by atoms with van der Waals surface area (Å²) in [4.78, 5) is 31.3. The van der Waals surface area contributed by atoms with E-state index in [4.69, 9.17) is 11.6 Å². The quantitative estimate of drug-likeness (QED) is 0.293. The van der Waals surface area contributed by atoms with Gasteiger partial charge >= 0.3 is 0 Å². The average Bonchev–Trinajstić information content (AvgIpc) is 3.22. The van der Waals surface area contributed by atoms with E-state index in [0.717, 1.165) is 10.6 Å². The largest absolute Gasteiger partial charge is 0.325 e. The van der Waals surface area contributed by atoms with Crippen molar-refractivity contribution in [3.63, 3.8) is 0 Å². The first-order valence-corrected chi connectivity index (χ1v) is 12.4. The molecule has 0 radical (unpaired) electrons. The molecule has 0 spiro atoms. The molecule has 4 aromatic rings. The van der Waals surface area contributed by atoms with Gasteiger partial charge in [0, 0.05) is 10.6 Å². The molecule has 4 rings (SSSR count). The van der Waals surface area contributed by atoms with Crippen molar-refractivity contribution in [1.82, 2.24) is 9.55 Å². The van der Waals surface area contributed by atoms with Crippen molar-refractivity contribution < 1.29 is 4.79 Å². The van der Waals surface area contributed by atoms with Gasteiger partial charge in [0.25, 0.3) is 5.56 Å². The molecule has 0 saturated carbocycles. The van der Waals surface area contributed by atoms with E-state index in [1.807, 2.05) is 42.0 Å². The van der Waals surface area contributed by atoms with Gasteiger partial charge in [-0.15, -0.1) is 23.1 Å². The van der Waals surface area contributed by atoms with E-state index < -0.39 is 0 Å². The summed E-state index contributed by atoms with van der Waals surface area (Å²) in [5, 5.41) is 5.59. The number of nitrogens with one attached hydrogen (secondary N) is 1. The predicted octanol–water partition coefficient (Wildman–Crippen LogP) is 5.55. The van der Waals surface area contributed by atoms with Crippen molar-refractivity contribution in [3.05, 3.63) is 75.4 Å². The van der Waals surface area contributed by atoms with Gasteiger partial charge in [0.1, 0.15) is 4.70 Å². The van der Waals surface area contributed by atoms with Crippen LogP contribution in [-0.2, 0) is 4.79 Å². The van der Waals surface area contributed by atoms with Crippen LogP contribution in [0.25, 0.3) is 15.9 Å². The Balaban J connectivity index is 1.63. The van der Waals surface area contributed by atoms with Crippen molar-refractivity contribution >= 4 is 68.3 Å². The molecule has 1 amide bonds. The number of carbonyl (C=O) groups excluding carboxylic acids is 1. The third-order valence-electron chi connectivity index (χ3n) is 4.23.